The van der Waals surface area contributed by atoms with Gasteiger partial charge in [-0.2, -0.15) is 0 Å². The normalized spacial score (nSPS) is 17.0. The van der Waals surface area contributed by atoms with Gasteiger partial charge in [-0.15, -0.1) is 0 Å². The highest BCUT2D eigenvalue weighted by Gasteiger charge is 2.35. The number of carbonyl (C=O) groups excluding carboxylic acids is 2. The van der Waals surface area contributed by atoms with E-state index in [1.54, 1.807) is 23.1 Å². The van der Waals surface area contributed by atoms with Crippen LogP contribution in [0.1, 0.15) is 17.5 Å². The van der Waals surface area contributed by atoms with Gasteiger partial charge in [0.2, 0.25) is 11.8 Å². The first kappa shape index (κ1) is 17.8. The molecule has 6 heteroatoms. The minimum Gasteiger partial charge on any atom is -0.326 e. The summed E-state index contributed by atoms with van der Waals surface area (Å²) >= 11 is 12.2. The first-order chi connectivity index (χ1) is 11.8. The van der Waals surface area contributed by atoms with Crippen molar-refractivity contribution in [3.63, 3.8) is 0 Å². The van der Waals surface area contributed by atoms with Crippen molar-refractivity contribution in [2.45, 2.75) is 20.3 Å². The Labute approximate surface area is 156 Å². The monoisotopic (exact) mass is 376 g/mol. The quantitative estimate of drug-likeness (QED) is 0.850. The maximum Gasteiger partial charge on any atom is 0.229 e. The SMILES string of the molecule is Cc1ccc(NC(=O)[C@@H]2CC(=O)N(c3ccc(C)c(Cl)c3)C2)cc1Cl. The van der Waals surface area contributed by atoms with Gasteiger partial charge in [0.1, 0.15) is 0 Å². The van der Waals surface area contributed by atoms with Crippen molar-refractivity contribution in [2.75, 3.05) is 16.8 Å². The maximum atomic E-state index is 12.5. The summed E-state index contributed by atoms with van der Waals surface area (Å²) in [6, 6.07) is 10.8. The van der Waals surface area contributed by atoms with Crippen molar-refractivity contribution < 1.29 is 9.59 Å². The Morgan fingerprint density at radius 2 is 1.72 bits per heavy atom. The fraction of sp³-hybridized carbons (Fsp3) is 0.263. The lowest BCUT2D eigenvalue weighted by molar-refractivity contribution is -0.122. The van der Waals surface area contributed by atoms with Crippen molar-refractivity contribution in [3.05, 3.63) is 57.6 Å². The second kappa shape index (κ2) is 7.06. The van der Waals surface area contributed by atoms with Gasteiger partial charge in [-0.3, -0.25) is 9.59 Å². The van der Waals surface area contributed by atoms with Crippen LogP contribution >= 0.6 is 23.2 Å². The summed E-state index contributed by atoms with van der Waals surface area (Å²) in [6.45, 7) is 4.14. The van der Waals surface area contributed by atoms with E-state index in [-0.39, 0.29) is 18.2 Å². The molecule has 0 radical (unpaired) electrons. The molecular formula is C19H18Cl2N2O2. The second-order valence-electron chi connectivity index (χ2n) is 6.29. The summed E-state index contributed by atoms with van der Waals surface area (Å²) in [5, 5.41) is 4.03. The number of nitrogens with one attached hydrogen (secondary N) is 1. The molecule has 0 saturated carbocycles. The Morgan fingerprint density at radius 3 is 2.36 bits per heavy atom. The first-order valence-electron chi connectivity index (χ1n) is 7.98. The van der Waals surface area contributed by atoms with E-state index in [1.165, 1.54) is 0 Å². The lowest BCUT2D eigenvalue weighted by atomic mass is 10.1. The molecule has 2 aromatic carbocycles. The predicted octanol–water partition coefficient (Wildman–Crippen LogP) is 4.60. The Balaban J connectivity index is 1.71. The van der Waals surface area contributed by atoms with Crippen LogP contribution in [0.4, 0.5) is 11.4 Å². The molecule has 1 atom stereocenters. The van der Waals surface area contributed by atoms with E-state index in [0.717, 1.165) is 11.1 Å². The van der Waals surface area contributed by atoms with Crippen LogP contribution in [0.15, 0.2) is 36.4 Å². The fourth-order valence-electron chi connectivity index (χ4n) is 2.80. The summed E-state index contributed by atoms with van der Waals surface area (Å²) < 4.78 is 0. The van der Waals surface area contributed by atoms with Crippen LogP contribution in [0.3, 0.4) is 0 Å². The van der Waals surface area contributed by atoms with Gasteiger partial charge in [0.05, 0.1) is 5.92 Å². The Morgan fingerprint density at radius 1 is 1.08 bits per heavy atom. The van der Waals surface area contributed by atoms with Gasteiger partial charge in [-0.05, 0) is 49.2 Å². The zero-order valence-electron chi connectivity index (χ0n) is 14.0. The zero-order chi connectivity index (χ0) is 18.1. The minimum atomic E-state index is -0.410. The summed E-state index contributed by atoms with van der Waals surface area (Å²) in [4.78, 5) is 26.4. The van der Waals surface area contributed by atoms with Gasteiger partial charge in [-0.1, -0.05) is 35.3 Å². The van der Waals surface area contributed by atoms with E-state index < -0.39 is 5.92 Å². The smallest absolute Gasteiger partial charge is 0.229 e. The average Bonchev–Trinajstić information content (AvgIpc) is 2.95. The molecule has 3 rings (SSSR count). The highest BCUT2D eigenvalue weighted by atomic mass is 35.5. The lowest BCUT2D eigenvalue weighted by Gasteiger charge is -2.17. The molecule has 1 aliphatic rings. The number of benzene rings is 2. The molecule has 0 aromatic heterocycles. The molecular weight excluding hydrogens is 359 g/mol. The number of nitrogens with zero attached hydrogens (tertiary/aromatic N) is 1. The van der Waals surface area contributed by atoms with Crippen LogP contribution in [0.25, 0.3) is 0 Å². The minimum absolute atomic E-state index is 0.0815. The molecule has 2 aromatic rings. The summed E-state index contributed by atoms with van der Waals surface area (Å²) in [5.74, 6) is -0.677. The largest absolute Gasteiger partial charge is 0.326 e. The van der Waals surface area contributed by atoms with Crippen LogP contribution in [0.2, 0.25) is 10.0 Å². The molecule has 0 unspecified atom stereocenters. The van der Waals surface area contributed by atoms with Crippen LogP contribution in [0, 0.1) is 19.8 Å². The lowest BCUT2D eigenvalue weighted by Crippen LogP contribution is -2.28. The highest BCUT2D eigenvalue weighted by Crippen LogP contribution is 2.29. The Bertz CT molecular complexity index is 851. The molecule has 1 fully saturated rings. The van der Waals surface area contributed by atoms with E-state index in [2.05, 4.69) is 5.32 Å². The number of aryl methyl sites for hydroxylation is 2. The Kier molecular flexibility index (Phi) is 5.02. The third-order valence-electron chi connectivity index (χ3n) is 4.40. The molecule has 1 N–H and O–H groups in total. The van der Waals surface area contributed by atoms with E-state index in [0.29, 0.717) is 28.0 Å². The molecule has 2 amide bonds. The zero-order valence-corrected chi connectivity index (χ0v) is 15.5. The van der Waals surface area contributed by atoms with Crippen molar-refractivity contribution in [1.29, 1.82) is 0 Å². The van der Waals surface area contributed by atoms with Crippen molar-refractivity contribution in [1.82, 2.24) is 0 Å². The molecule has 1 aliphatic heterocycles. The van der Waals surface area contributed by atoms with Gasteiger partial charge in [0, 0.05) is 34.4 Å². The van der Waals surface area contributed by atoms with E-state index >= 15 is 0 Å². The highest BCUT2D eigenvalue weighted by molar-refractivity contribution is 6.32. The second-order valence-corrected chi connectivity index (χ2v) is 7.11. The number of anilines is 2. The average molecular weight is 377 g/mol. The van der Waals surface area contributed by atoms with Gasteiger partial charge >= 0.3 is 0 Å². The van der Waals surface area contributed by atoms with Crippen molar-refractivity contribution >= 4 is 46.4 Å². The number of hydrogen-bond donors (Lipinski definition) is 1. The van der Waals surface area contributed by atoms with Gasteiger partial charge in [0.15, 0.2) is 0 Å². The summed E-state index contributed by atoms with van der Waals surface area (Å²) in [7, 11) is 0. The van der Waals surface area contributed by atoms with Crippen molar-refractivity contribution in [3.8, 4) is 0 Å². The molecule has 0 aliphatic carbocycles. The number of halogens is 2. The predicted molar refractivity (Wildman–Crippen MR) is 101 cm³/mol. The van der Waals surface area contributed by atoms with Crippen LogP contribution in [0.5, 0.6) is 0 Å². The van der Waals surface area contributed by atoms with E-state index in [1.807, 2.05) is 32.0 Å². The standard InChI is InChI=1S/C19H18Cl2N2O2/c1-11-3-5-14(8-16(11)20)22-19(25)13-7-18(24)23(10-13)15-6-4-12(2)17(21)9-15/h3-6,8-9,13H,7,10H2,1-2H3,(H,22,25)/t13-/m1/s1. The van der Waals surface area contributed by atoms with Gasteiger partial charge in [-0.25, -0.2) is 0 Å². The molecule has 130 valence electrons. The van der Waals surface area contributed by atoms with Crippen LogP contribution in [-0.4, -0.2) is 18.4 Å². The molecule has 25 heavy (non-hydrogen) atoms. The van der Waals surface area contributed by atoms with Crippen LogP contribution < -0.4 is 10.2 Å². The number of hydrogen-bond acceptors (Lipinski definition) is 2. The third kappa shape index (κ3) is 3.80. The van der Waals surface area contributed by atoms with Crippen molar-refractivity contribution in [2.24, 2.45) is 5.92 Å². The third-order valence-corrected chi connectivity index (χ3v) is 5.22. The molecule has 1 saturated heterocycles. The summed E-state index contributed by atoms with van der Waals surface area (Å²) in [5.41, 5.74) is 3.24. The van der Waals surface area contributed by atoms with Gasteiger partial charge in [0.25, 0.3) is 0 Å². The molecule has 0 bridgehead atoms. The topological polar surface area (TPSA) is 49.4 Å². The molecule has 0 spiro atoms. The number of carbonyl (C=O) groups is 2. The summed E-state index contributed by atoms with van der Waals surface area (Å²) in [6.07, 6.45) is 0.178. The maximum absolute atomic E-state index is 12.5. The number of rotatable bonds is 3. The number of amides is 2. The van der Waals surface area contributed by atoms with E-state index in [9.17, 15) is 9.59 Å². The first-order valence-corrected chi connectivity index (χ1v) is 8.74. The Hall–Kier alpha value is -2.04. The molecule has 1 heterocycles. The van der Waals surface area contributed by atoms with Crippen LogP contribution in [-0.2, 0) is 9.59 Å². The van der Waals surface area contributed by atoms with Gasteiger partial charge < -0.3 is 10.2 Å². The van der Waals surface area contributed by atoms with E-state index in [4.69, 9.17) is 23.2 Å². The fourth-order valence-corrected chi connectivity index (χ4v) is 3.15. The molecule has 4 nitrogen and oxygen atoms in total.